The number of fused-ring (bicyclic) bond motifs is 1. The quantitative estimate of drug-likeness (QED) is 0.883. The van der Waals surface area contributed by atoms with Gasteiger partial charge < -0.3 is 23.9 Å². The van der Waals surface area contributed by atoms with Gasteiger partial charge in [0.05, 0.1) is 32.9 Å². The van der Waals surface area contributed by atoms with Crippen LogP contribution in [-0.4, -0.2) is 42.6 Å². The summed E-state index contributed by atoms with van der Waals surface area (Å²) in [6.07, 6.45) is 1.85. The number of benzene rings is 1. The van der Waals surface area contributed by atoms with Gasteiger partial charge in [-0.1, -0.05) is 0 Å². The standard InChI is InChI=1S/C19H21NO6/c1-11-5-7-26-18(11)19(23)20-6-4-12-8-15(24-2)16(25-3)9-13(12)14(20)10-17(21)22/h5,7-9,14H,4,6,10H2,1-3H3,(H,21,22). The monoisotopic (exact) mass is 359 g/mol. The summed E-state index contributed by atoms with van der Waals surface area (Å²) in [6.45, 7) is 2.19. The lowest BCUT2D eigenvalue weighted by atomic mass is 9.89. The summed E-state index contributed by atoms with van der Waals surface area (Å²) in [7, 11) is 3.08. The number of hydrogen-bond donors (Lipinski definition) is 1. The van der Waals surface area contributed by atoms with E-state index in [1.165, 1.54) is 13.4 Å². The van der Waals surface area contributed by atoms with E-state index in [1.807, 2.05) is 6.07 Å². The van der Waals surface area contributed by atoms with E-state index in [0.717, 1.165) is 16.7 Å². The molecule has 1 aliphatic heterocycles. The van der Waals surface area contributed by atoms with E-state index in [1.54, 1.807) is 31.1 Å². The lowest BCUT2D eigenvalue weighted by molar-refractivity contribution is -0.138. The molecular formula is C19H21NO6. The highest BCUT2D eigenvalue weighted by molar-refractivity contribution is 5.93. The van der Waals surface area contributed by atoms with Crippen LogP contribution < -0.4 is 9.47 Å². The van der Waals surface area contributed by atoms with Crippen LogP contribution in [0.2, 0.25) is 0 Å². The zero-order valence-electron chi connectivity index (χ0n) is 14.9. The van der Waals surface area contributed by atoms with Crippen LogP contribution in [0.15, 0.2) is 28.9 Å². The van der Waals surface area contributed by atoms with Gasteiger partial charge in [-0.15, -0.1) is 0 Å². The van der Waals surface area contributed by atoms with Crippen molar-refractivity contribution in [3.05, 3.63) is 46.9 Å². The molecule has 26 heavy (non-hydrogen) atoms. The molecule has 2 heterocycles. The number of carbonyl (C=O) groups is 2. The summed E-state index contributed by atoms with van der Waals surface area (Å²) >= 11 is 0. The minimum absolute atomic E-state index is 0.200. The Hall–Kier alpha value is -2.96. The molecule has 3 rings (SSSR count). The fraction of sp³-hybridized carbons (Fsp3) is 0.368. The highest BCUT2D eigenvalue weighted by Gasteiger charge is 2.35. The summed E-state index contributed by atoms with van der Waals surface area (Å²) in [5.74, 6) is 0.0437. The van der Waals surface area contributed by atoms with Crippen molar-refractivity contribution in [1.29, 1.82) is 0 Å². The van der Waals surface area contributed by atoms with Crippen molar-refractivity contribution < 1.29 is 28.6 Å². The first-order valence-corrected chi connectivity index (χ1v) is 8.28. The highest BCUT2D eigenvalue weighted by Crippen LogP contribution is 2.40. The van der Waals surface area contributed by atoms with Gasteiger partial charge in [0.2, 0.25) is 0 Å². The first kappa shape index (κ1) is 17.8. The molecule has 2 aromatic rings. The Morgan fingerprint density at radius 1 is 1.27 bits per heavy atom. The van der Waals surface area contributed by atoms with Crippen LogP contribution in [0.5, 0.6) is 11.5 Å². The van der Waals surface area contributed by atoms with Gasteiger partial charge in [-0.3, -0.25) is 9.59 Å². The Bertz CT molecular complexity index is 841. The van der Waals surface area contributed by atoms with Crippen LogP contribution >= 0.6 is 0 Å². The molecule has 7 nitrogen and oxygen atoms in total. The lowest BCUT2D eigenvalue weighted by Gasteiger charge is -2.36. The van der Waals surface area contributed by atoms with Gasteiger partial charge in [0.1, 0.15) is 0 Å². The third-order valence-electron chi connectivity index (χ3n) is 4.69. The maximum atomic E-state index is 12.9. The maximum Gasteiger partial charge on any atom is 0.305 e. The molecular weight excluding hydrogens is 338 g/mol. The Balaban J connectivity index is 2.05. The summed E-state index contributed by atoms with van der Waals surface area (Å²) in [5.41, 5.74) is 2.44. The van der Waals surface area contributed by atoms with Crippen molar-refractivity contribution in [3.63, 3.8) is 0 Å². The molecule has 0 spiro atoms. The number of amides is 1. The molecule has 7 heteroatoms. The third kappa shape index (κ3) is 3.12. The molecule has 0 radical (unpaired) electrons. The molecule has 1 aromatic heterocycles. The number of rotatable bonds is 5. The van der Waals surface area contributed by atoms with Crippen LogP contribution in [0.25, 0.3) is 0 Å². The van der Waals surface area contributed by atoms with Crippen LogP contribution in [0.3, 0.4) is 0 Å². The van der Waals surface area contributed by atoms with Crippen LogP contribution in [0, 0.1) is 6.92 Å². The van der Waals surface area contributed by atoms with Crippen molar-refractivity contribution in [2.75, 3.05) is 20.8 Å². The van der Waals surface area contributed by atoms with E-state index in [4.69, 9.17) is 13.9 Å². The predicted molar refractivity (Wildman–Crippen MR) is 92.7 cm³/mol. The molecule has 0 saturated heterocycles. The molecule has 1 atom stereocenters. The largest absolute Gasteiger partial charge is 0.493 e. The van der Waals surface area contributed by atoms with Gasteiger partial charge in [0.25, 0.3) is 5.91 Å². The number of furan rings is 1. The first-order valence-electron chi connectivity index (χ1n) is 8.28. The number of hydrogen-bond acceptors (Lipinski definition) is 5. The van der Waals surface area contributed by atoms with Crippen molar-refractivity contribution in [3.8, 4) is 11.5 Å². The van der Waals surface area contributed by atoms with E-state index < -0.39 is 12.0 Å². The number of nitrogens with zero attached hydrogens (tertiary/aromatic N) is 1. The van der Waals surface area contributed by atoms with Crippen LogP contribution in [0.1, 0.15) is 39.7 Å². The van der Waals surface area contributed by atoms with Gasteiger partial charge >= 0.3 is 5.97 Å². The Kier molecular flexibility index (Phi) is 4.88. The van der Waals surface area contributed by atoms with Gasteiger partial charge in [-0.25, -0.2) is 0 Å². The number of carbonyl (C=O) groups excluding carboxylic acids is 1. The summed E-state index contributed by atoms with van der Waals surface area (Å²) in [4.78, 5) is 26.0. The molecule has 1 N–H and O–H groups in total. The van der Waals surface area contributed by atoms with Crippen molar-refractivity contribution in [1.82, 2.24) is 4.90 Å². The first-order chi connectivity index (χ1) is 12.5. The average Bonchev–Trinajstić information content (AvgIpc) is 3.05. The molecule has 138 valence electrons. The number of carboxylic acids is 1. The fourth-order valence-corrected chi connectivity index (χ4v) is 3.38. The van der Waals surface area contributed by atoms with E-state index in [-0.39, 0.29) is 18.1 Å². The molecule has 0 aliphatic carbocycles. The Morgan fingerprint density at radius 3 is 2.54 bits per heavy atom. The molecule has 0 bridgehead atoms. The van der Waals surface area contributed by atoms with Crippen LogP contribution in [-0.2, 0) is 11.2 Å². The SMILES string of the molecule is COc1cc2c(cc1OC)C(CC(=O)O)N(C(=O)c1occc1C)CC2. The van der Waals surface area contributed by atoms with Gasteiger partial charge in [-0.2, -0.15) is 0 Å². The smallest absolute Gasteiger partial charge is 0.305 e. The Morgan fingerprint density at radius 2 is 1.96 bits per heavy atom. The average molecular weight is 359 g/mol. The summed E-state index contributed by atoms with van der Waals surface area (Å²) in [5, 5.41) is 9.39. The molecule has 1 aromatic carbocycles. The van der Waals surface area contributed by atoms with E-state index in [0.29, 0.717) is 24.5 Å². The maximum absolute atomic E-state index is 12.9. The van der Waals surface area contributed by atoms with Gasteiger partial charge in [-0.05, 0) is 42.7 Å². The minimum Gasteiger partial charge on any atom is -0.493 e. The fourth-order valence-electron chi connectivity index (χ4n) is 3.38. The van der Waals surface area contributed by atoms with Gasteiger partial charge in [0, 0.05) is 12.1 Å². The lowest BCUT2D eigenvalue weighted by Crippen LogP contribution is -2.41. The summed E-state index contributed by atoms with van der Waals surface area (Å²) < 4.78 is 16.0. The second kappa shape index (κ2) is 7.11. The van der Waals surface area contributed by atoms with Gasteiger partial charge in [0.15, 0.2) is 17.3 Å². The highest BCUT2D eigenvalue weighted by atomic mass is 16.5. The van der Waals surface area contributed by atoms with E-state index in [2.05, 4.69) is 0 Å². The van der Waals surface area contributed by atoms with Crippen molar-refractivity contribution >= 4 is 11.9 Å². The Labute approximate surface area is 151 Å². The second-order valence-corrected chi connectivity index (χ2v) is 6.20. The number of aliphatic carboxylic acids is 1. The molecule has 0 fully saturated rings. The summed E-state index contributed by atoms with van der Waals surface area (Å²) in [6, 6.07) is 4.72. The molecule has 1 aliphatic rings. The topological polar surface area (TPSA) is 89.2 Å². The van der Waals surface area contributed by atoms with Crippen molar-refractivity contribution in [2.24, 2.45) is 0 Å². The van der Waals surface area contributed by atoms with E-state index in [9.17, 15) is 14.7 Å². The predicted octanol–water partition coefficient (Wildman–Crippen LogP) is 2.82. The number of ether oxygens (including phenoxy) is 2. The number of aryl methyl sites for hydroxylation is 1. The number of methoxy groups -OCH3 is 2. The molecule has 0 saturated carbocycles. The zero-order valence-corrected chi connectivity index (χ0v) is 14.9. The normalized spacial score (nSPS) is 16.1. The van der Waals surface area contributed by atoms with Crippen LogP contribution in [0.4, 0.5) is 0 Å². The zero-order chi connectivity index (χ0) is 18.8. The second-order valence-electron chi connectivity index (χ2n) is 6.20. The molecule has 1 amide bonds. The third-order valence-corrected chi connectivity index (χ3v) is 4.69. The molecule has 1 unspecified atom stereocenters. The minimum atomic E-state index is -0.980. The number of carboxylic acid groups (broad SMARTS) is 1. The van der Waals surface area contributed by atoms with Crippen molar-refractivity contribution in [2.45, 2.75) is 25.8 Å². The van der Waals surface area contributed by atoms with E-state index >= 15 is 0 Å².